The lowest BCUT2D eigenvalue weighted by Crippen LogP contribution is -2.10. The average molecular weight is 254 g/mol. The Balaban J connectivity index is 1.93. The number of anilines is 1. The van der Waals surface area contributed by atoms with Gasteiger partial charge in [-0.3, -0.25) is 9.78 Å². The summed E-state index contributed by atoms with van der Waals surface area (Å²) >= 11 is 0. The first-order valence-corrected chi connectivity index (χ1v) is 5.83. The summed E-state index contributed by atoms with van der Waals surface area (Å²) in [5, 5.41) is 3.94. The van der Waals surface area contributed by atoms with E-state index in [0.29, 0.717) is 11.6 Å². The van der Waals surface area contributed by atoms with Gasteiger partial charge in [-0.15, -0.1) is 0 Å². The van der Waals surface area contributed by atoms with Gasteiger partial charge in [0.15, 0.2) is 0 Å². The molecule has 1 aromatic heterocycles. The van der Waals surface area contributed by atoms with Gasteiger partial charge in [0.05, 0.1) is 0 Å². The van der Waals surface area contributed by atoms with Crippen molar-refractivity contribution < 1.29 is 0 Å². The van der Waals surface area contributed by atoms with Crippen LogP contribution < -0.4 is 11.0 Å². The van der Waals surface area contributed by atoms with Crippen LogP contribution in [0.5, 0.6) is 0 Å². The molecule has 2 N–H and O–H groups in total. The highest BCUT2D eigenvalue weighted by Crippen LogP contribution is 2.00. The number of hydrogen-bond acceptors (Lipinski definition) is 4. The van der Waals surface area contributed by atoms with Crippen molar-refractivity contribution in [2.45, 2.75) is 6.92 Å². The quantitative estimate of drug-likeness (QED) is 0.649. The summed E-state index contributed by atoms with van der Waals surface area (Å²) in [6, 6.07) is 11.3. The molecule has 5 nitrogen and oxygen atoms in total. The second-order valence-electron chi connectivity index (χ2n) is 3.90. The minimum atomic E-state index is -0.204. The van der Waals surface area contributed by atoms with E-state index in [0.717, 1.165) is 5.56 Å². The third kappa shape index (κ3) is 4.23. The van der Waals surface area contributed by atoms with Crippen LogP contribution in [0.1, 0.15) is 11.3 Å². The summed E-state index contributed by atoms with van der Waals surface area (Å²) < 4.78 is 0. The van der Waals surface area contributed by atoms with Gasteiger partial charge in [0.1, 0.15) is 0 Å². The van der Waals surface area contributed by atoms with Gasteiger partial charge in [-0.25, -0.2) is 10.4 Å². The van der Waals surface area contributed by atoms with Crippen LogP contribution in [0.25, 0.3) is 6.08 Å². The Hall–Kier alpha value is -2.69. The fourth-order valence-electron chi connectivity index (χ4n) is 1.49. The number of hydrazone groups is 1. The van der Waals surface area contributed by atoms with Crippen LogP contribution in [-0.2, 0) is 0 Å². The Bertz CT molecular complexity index is 644. The molecule has 0 bridgehead atoms. The molecule has 0 aliphatic heterocycles. The lowest BCUT2D eigenvalue weighted by Gasteiger charge is -1.98. The van der Waals surface area contributed by atoms with E-state index in [2.05, 4.69) is 20.5 Å². The first-order valence-electron chi connectivity index (χ1n) is 5.83. The van der Waals surface area contributed by atoms with E-state index in [-0.39, 0.29) is 5.56 Å². The van der Waals surface area contributed by atoms with Crippen molar-refractivity contribution in [2.75, 3.05) is 5.43 Å². The highest BCUT2D eigenvalue weighted by Gasteiger charge is 1.94. The molecule has 96 valence electrons. The fourth-order valence-corrected chi connectivity index (χ4v) is 1.49. The summed E-state index contributed by atoms with van der Waals surface area (Å²) in [7, 11) is 0. The first-order chi connectivity index (χ1) is 9.24. The molecule has 5 heteroatoms. The molecule has 0 fully saturated rings. The number of rotatable bonds is 4. The van der Waals surface area contributed by atoms with Crippen LogP contribution in [0, 0.1) is 6.92 Å². The molecule has 0 spiro atoms. The highest BCUT2D eigenvalue weighted by molar-refractivity contribution is 5.78. The lowest BCUT2D eigenvalue weighted by atomic mass is 10.2. The molecule has 0 aliphatic carbocycles. The van der Waals surface area contributed by atoms with Gasteiger partial charge in [0.25, 0.3) is 5.56 Å². The molecular weight excluding hydrogens is 240 g/mol. The second kappa shape index (κ2) is 6.30. The number of H-pyrrole nitrogens is 1. The standard InChI is InChI=1S/C14H14N4O/c1-11-10-13(19)17-14(16-11)18-15-9-5-8-12-6-3-2-4-7-12/h2-10H,1H3,(H2,16,17,18,19)/b8-5-,15-9?. The van der Waals surface area contributed by atoms with E-state index in [1.807, 2.05) is 36.4 Å². The Morgan fingerprint density at radius 2 is 2.11 bits per heavy atom. The Labute approximate surface area is 110 Å². The molecule has 0 unspecified atom stereocenters. The zero-order valence-corrected chi connectivity index (χ0v) is 10.5. The van der Waals surface area contributed by atoms with Gasteiger partial charge in [0.2, 0.25) is 5.95 Å². The monoisotopic (exact) mass is 254 g/mol. The number of hydrogen-bond donors (Lipinski definition) is 2. The minimum Gasteiger partial charge on any atom is -0.291 e. The van der Waals surface area contributed by atoms with Crippen molar-refractivity contribution in [3.8, 4) is 0 Å². The van der Waals surface area contributed by atoms with Crippen LogP contribution in [0.2, 0.25) is 0 Å². The van der Waals surface area contributed by atoms with Crippen LogP contribution in [0.15, 0.2) is 52.4 Å². The van der Waals surface area contributed by atoms with Gasteiger partial charge in [-0.05, 0) is 18.6 Å². The SMILES string of the molecule is Cc1cc(=O)[nH]c(NN=C/C=C\c2ccccc2)n1. The molecule has 1 aromatic carbocycles. The molecular formula is C14H14N4O. The van der Waals surface area contributed by atoms with Crippen molar-refractivity contribution in [2.24, 2.45) is 5.10 Å². The highest BCUT2D eigenvalue weighted by atomic mass is 16.1. The van der Waals surface area contributed by atoms with Crippen LogP contribution in [-0.4, -0.2) is 16.2 Å². The molecule has 19 heavy (non-hydrogen) atoms. The van der Waals surface area contributed by atoms with Crippen molar-refractivity contribution in [3.63, 3.8) is 0 Å². The predicted octanol–water partition coefficient (Wildman–Crippen LogP) is 2.19. The summed E-state index contributed by atoms with van der Waals surface area (Å²) in [4.78, 5) is 17.8. The van der Waals surface area contributed by atoms with Crippen LogP contribution in [0.4, 0.5) is 5.95 Å². The molecule has 2 rings (SSSR count). The number of aryl methyl sites for hydroxylation is 1. The van der Waals surface area contributed by atoms with Gasteiger partial charge in [-0.2, -0.15) is 5.10 Å². The molecule has 0 atom stereocenters. The molecule has 1 heterocycles. The number of nitrogens with one attached hydrogen (secondary N) is 2. The lowest BCUT2D eigenvalue weighted by molar-refractivity contribution is 1.04. The maximum absolute atomic E-state index is 11.2. The number of nitrogens with zero attached hydrogens (tertiary/aromatic N) is 2. The smallest absolute Gasteiger partial charge is 0.252 e. The predicted molar refractivity (Wildman–Crippen MR) is 77.2 cm³/mol. The van der Waals surface area contributed by atoms with Crippen LogP contribution >= 0.6 is 0 Å². The molecule has 0 saturated heterocycles. The number of benzene rings is 1. The average Bonchev–Trinajstić information content (AvgIpc) is 2.38. The van der Waals surface area contributed by atoms with Gasteiger partial charge in [0, 0.05) is 18.0 Å². The van der Waals surface area contributed by atoms with Gasteiger partial charge >= 0.3 is 0 Å². The number of allylic oxidation sites excluding steroid dienone is 1. The normalized spacial score (nSPS) is 11.2. The zero-order chi connectivity index (χ0) is 13.5. The summed E-state index contributed by atoms with van der Waals surface area (Å²) in [6.07, 6.45) is 5.32. The topological polar surface area (TPSA) is 70.1 Å². The zero-order valence-electron chi connectivity index (χ0n) is 10.5. The van der Waals surface area contributed by atoms with Crippen molar-refractivity contribution in [1.82, 2.24) is 9.97 Å². The maximum Gasteiger partial charge on any atom is 0.252 e. The van der Waals surface area contributed by atoms with Crippen molar-refractivity contribution in [1.29, 1.82) is 0 Å². The molecule has 0 aliphatic rings. The first kappa shape index (κ1) is 12.8. The van der Waals surface area contributed by atoms with Crippen molar-refractivity contribution in [3.05, 3.63) is 64.1 Å². The summed E-state index contributed by atoms with van der Waals surface area (Å²) in [5.41, 5.74) is 4.19. The van der Waals surface area contributed by atoms with E-state index in [1.54, 1.807) is 19.2 Å². The van der Waals surface area contributed by atoms with E-state index in [1.165, 1.54) is 6.07 Å². The summed E-state index contributed by atoms with van der Waals surface area (Å²) in [6.45, 7) is 1.75. The molecule has 2 aromatic rings. The summed E-state index contributed by atoms with van der Waals surface area (Å²) in [5.74, 6) is 0.328. The second-order valence-corrected chi connectivity index (χ2v) is 3.90. The molecule has 0 saturated carbocycles. The Kier molecular flexibility index (Phi) is 4.23. The van der Waals surface area contributed by atoms with Crippen molar-refractivity contribution >= 4 is 18.2 Å². The molecule has 0 amide bonds. The van der Waals surface area contributed by atoms with Gasteiger partial charge < -0.3 is 0 Å². The maximum atomic E-state index is 11.2. The number of aromatic amines is 1. The third-order valence-electron chi connectivity index (χ3n) is 2.29. The Morgan fingerprint density at radius 1 is 1.32 bits per heavy atom. The minimum absolute atomic E-state index is 0.204. The fraction of sp³-hybridized carbons (Fsp3) is 0.0714. The molecule has 0 radical (unpaired) electrons. The van der Waals surface area contributed by atoms with E-state index in [9.17, 15) is 4.79 Å². The van der Waals surface area contributed by atoms with E-state index in [4.69, 9.17) is 0 Å². The van der Waals surface area contributed by atoms with Gasteiger partial charge in [-0.1, -0.05) is 36.4 Å². The van der Waals surface area contributed by atoms with Crippen LogP contribution in [0.3, 0.4) is 0 Å². The number of aromatic nitrogens is 2. The largest absolute Gasteiger partial charge is 0.291 e. The Morgan fingerprint density at radius 3 is 2.84 bits per heavy atom. The van der Waals surface area contributed by atoms with E-state index >= 15 is 0 Å². The van der Waals surface area contributed by atoms with E-state index < -0.39 is 0 Å². The third-order valence-corrected chi connectivity index (χ3v) is 2.29.